The van der Waals surface area contributed by atoms with Gasteiger partial charge in [0, 0.05) is 12.1 Å². The molecule has 1 aliphatic heterocycles. The van der Waals surface area contributed by atoms with Crippen LogP contribution in [0.15, 0.2) is 27.6 Å². The first-order valence-corrected chi connectivity index (χ1v) is 10.5. The molecule has 25 heavy (non-hydrogen) atoms. The van der Waals surface area contributed by atoms with Crippen LogP contribution in [0.2, 0.25) is 0 Å². The van der Waals surface area contributed by atoms with Crippen molar-refractivity contribution in [3.8, 4) is 0 Å². The van der Waals surface area contributed by atoms with Crippen LogP contribution >= 0.6 is 0 Å². The molecule has 5 nitrogen and oxygen atoms in total. The number of aromatic nitrogens is 1. The third kappa shape index (κ3) is 2.81. The number of benzene rings is 1. The van der Waals surface area contributed by atoms with Gasteiger partial charge in [-0.05, 0) is 75.6 Å². The Morgan fingerprint density at radius 3 is 2.60 bits per heavy atom. The highest BCUT2D eigenvalue weighted by Crippen LogP contribution is 2.39. The highest BCUT2D eigenvalue weighted by atomic mass is 32.2. The van der Waals surface area contributed by atoms with E-state index in [0.717, 1.165) is 49.1 Å². The van der Waals surface area contributed by atoms with Gasteiger partial charge in [-0.1, -0.05) is 11.2 Å². The normalized spacial score (nSPS) is 21.4. The molecule has 0 bridgehead atoms. The Morgan fingerprint density at radius 2 is 1.88 bits per heavy atom. The quantitative estimate of drug-likeness (QED) is 0.837. The number of hydrogen-bond acceptors (Lipinski definition) is 4. The van der Waals surface area contributed by atoms with E-state index in [2.05, 4.69) is 5.16 Å². The molecule has 2 aromatic rings. The average Bonchev–Trinajstić information content (AvgIpc) is 3.21. The fourth-order valence-corrected chi connectivity index (χ4v) is 6.01. The summed E-state index contributed by atoms with van der Waals surface area (Å²) in [6.45, 7) is 4.29. The lowest BCUT2D eigenvalue weighted by molar-refractivity contribution is 0.376. The first-order chi connectivity index (χ1) is 12.0. The predicted octanol–water partition coefficient (Wildman–Crippen LogP) is 3.70. The zero-order valence-electron chi connectivity index (χ0n) is 14.8. The lowest BCUT2D eigenvalue weighted by Gasteiger charge is -2.25. The molecular weight excluding hydrogens is 336 g/mol. The predicted molar refractivity (Wildman–Crippen MR) is 94.9 cm³/mol. The molecular formula is C19H24N2O3S. The Balaban J connectivity index is 1.72. The summed E-state index contributed by atoms with van der Waals surface area (Å²) >= 11 is 0. The van der Waals surface area contributed by atoms with Gasteiger partial charge in [0.25, 0.3) is 0 Å². The Hall–Kier alpha value is -1.66. The van der Waals surface area contributed by atoms with Gasteiger partial charge in [0.05, 0.1) is 16.6 Å². The van der Waals surface area contributed by atoms with Crippen LogP contribution < -0.4 is 0 Å². The van der Waals surface area contributed by atoms with Crippen molar-refractivity contribution >= 4 is 10.0 Å². The van der Waals surface area contributed by atoms with Gasteiger partial charge in [0.1, 0.15) is 5.76 Å². The second-order valence-electron chi connectivity index (χ2n) is 7.15. The molecule has 6 heteroatoms. The molecule has 0 amide bonds. The minimum Gasteiger partial charge on any atom is -0.361 e. The van der Waals surface area contributed by atoms with E-state index >= 15 is 0 Å². The molecule has 0 spiro atoms. The number of rotatable bonds is 3. The second kappa shape index (κ2) is 6.25. The van der Waals surface area contributed by atoms with Gasteiger partial charge >= 0.3 is 0 Å². The van der Waals surface area contributed by atoms with Crippen molar-refractivity contribution < 1.29 is 12.9 Å². The van der Waals surface area contributed by atoms with Gasteiger partial charge in [-0.2, -0.15) is 4.31 Å². The van der Waals surface area contributed by atoms with Gasteiger partial charge in [0.15, 0.2) is 0 Å². The van der Waals surface area contributed by atoms with E-state index < -0.39 is 10.0 Å². The highest BCUT2D eigenvalue weighted by molar-refractivity contribution is 7.89. The van der Waals surface area contributed by atoms with E-state index in [1.807, 2.05) is 26.0 Å². The van der Waals surface area contributed by atoms with Crippen molar-refractivity contribution in [2.45, 2.75) is 63.3 Å². The van der Waals surface area contributed by atoms with Crippen LogP contribution in [0.5, 0.6) is 0 Å². The Kier molecular flexibility index (Phi) is 4.20. The molecule has 4 rings (SSSR count). The lowest BCUT2D eigenvalue weighted by Crippen LogP contribution is -2.31. The maximum atomic E-state index is 13.3. The zero-order valence-corrected chi connectivity index (χ0v) is 15.6. The van der Waals surface area contributed by atoms with Crippen LogP contribution in [0, 0.1) is 13.8 Å². The molecule has 0 radical (unpaired) electrons. The summed E-state index contributed by atoms with van der Waals surface area (Å²) in [6.07, 6.45) is 6.04. The van der Waals surface area contributed by atoms with Crippen molar-refractivity contribution in [2.24, 2.45) is 0 Å². The molecule has 1 saturated heterocycles. The fourth-order valence-electron chi connectivity index (χ4n) is 4.29. The monoisotopic (exact) mass is 360 g/mol. The Labute approximate surface area is 149 Å². The van der Waals surface area contributed by atoms with E-state index in [9.17, 15) is 8.42 Å². The van der Waals surface area contributed by atoms with E-state index in [1.54, 1.807) is 10.4 Å². The van der Waals surface area contributed by atoms with Crippen molar-refractivity contribution in [3.63, 3.8) is 0 Å². The van der Waals surface area contributed by atoms with Crippen molar-refractivity contribution in [2.75, 3.05) is 6.54 Å². The van der Waals surface area contributed by atoms with Crippen LogP contribution in [0.1, 0.15) is 59.9 Å². The summed E-state index contributed by atoms with van der Waals surface area (Å²) in [6, 6.07) is 5.50. The largest absolute Gasteiger partial charge is 0.361 e. The number of sulfonamides is 1. The van der Waals surface area contributed by atoms with Crippen LogP contribution in [0.4, 0.5) is 0 Å². The number of aryl methyl sites for hydroxylation is 4. The van der Waals surface area contributed by atoms with Gasteiger partial charge in [-0.3, -0.25) is 0 Å². The third-order valence-corrected chi connectivity index (χ3v) is 7.46. The van der Waals surface area contributed by atoms with E-state index in [1.165, 1.54) is 17.5 Å². The lowest BCUT2D eigenvalue weighted by atomic mass is 9.92. The Morgan fingerprint density at radius 1 is 1.12 bits per heavy atom. The number of hydrogen-bond donors (Lipinski definition) is 0. The van der Waals surface area contributed by atoms with Gasteiger partial charge in [-0.15, -0.1) is 0 Å². The zero-order chi connectivity index (χ0) is 17.6. The topological polar surface area (TPSA) is 63.4 Å². The number of nitrogens with zero attached hydrogens (tertiary/aromatic N) is 2. The Bertz CT molecular complexity index is 882. The van der Waals surface area contributed by atoms with Crippen LogP contribution in [-0.4, -0.2) is 24.4 Å². The first-order valence-electron chi connectivity index (χ1n) is 9.05. The smallest absolute Gasteiger partial charge is 0.243 e. The SMILES string of the molecule is Cc1noc(C)c1[C@@H]1CCCN1S(=O)(=O)c1ccc2c(c1)CCCC2. The molecule has 1 aliphatic carbocycles. The number of fused-ring (bicyclic) bond motifs is 1. The third-order valence-electron chi connectivity index (χ3n) is 5.55. The minimum atomic E-state index is -3.52. The summed E-state index contributed by atoms with van der Waals surface area (Å²) < 4.78 is 33.6. The summed E-state index contributed by atoms with van der Waals surface area (Å²) in [4.78, 5) is 0.423. The summed E-state index contributed by atoms with van der Waals surface area (Å²) in [7, 11) is -3.52. The van der Waals surface area contributed by atoms with Gasteiger partial charge in [0.2, 0.25) is 10.0 Å². The molecule has 2 aliphatic rings. The van der Waals surface area contributed by atoms with Gasteiger partial charge in [-0.25, -0.2) is 8.42 Å². The minimum absolute atomic E-state index is 0.174. The van der Waals surface area contributed by atoms with E-state index in [0.29, 0.717) is 11.4 Å². The van der Waals surface area contributed by atoms with Crippen LogP contribution in [-0.2, 0) is 22.9 Å². The average molecular weight is 360 g/mol. The molecule has 0 N–H and O–H groups in total. The standard InChI is InChI=1S/C19H24N2O3S/c1-13-19(14(2)24-20-13)18-8-5-11-21(18)25(22,23)17-10-9-15-6-3-4-7-16(15)12-17/h9-10,12,18H,3-8,11H2,1-2H3/t18-/m0/s1. The maximum absolute atomic E-state index is 13.3. The molecule has 134 valence electrons. The summed E-state index contributed by atoms with van der Waals surface area (Å²) in [5.41, 5.74) is 4.21. The second-order valence-corrected chi connectivity index (χ2v) is 9.04. The summed E-state index contributed by atoms with van der Waals surface area (Å²) in [5.74, 6) is 0.718. The molecule has 1 atom stereocenters. The van der Waals surface area contributed by atoms with E-state index in [4.69, 9.17) is 4.52 Å². The summed E-state index contributed by atoms with van der Waals surface area (Å²) in [5, 5.41) is 4.01. The van der Waals surface area contributed by atoms with Crippen molar-refractivity contribution in [1.29, 1.82) is 0 Å². The van der Waals surface area contributed by atoms with Crippen LogP contribution in [0.3, 0.4) is 0 Å². The first kappa shape index (κ1) is 16.8. The molecule has 1 fully saturated rings. The molecule has 0 saturated carbocycles. The fraction of sp³-hybridized carbons (Fsp3) is 0.526. The van der Waals surface area contributed by atoms with E-state index in [-0.39, 0.29) is 6.04 Å². The molecule has 1 aromatic heterocycles. The molecule has 0 unspecified atom stereocenters. The maximum Gasteiger partial charge on any atom is 0.243 e. The van der Waals surface area contributed by atoms with Gasteiger partial charge < -0.3 is 4.52 Å². The molecule has 2 heterocycles. The van der Waals surface area contributed by atoms with Crippen molar-refractivity contribution in [1.82, 2.24) is 9.46 Å². The van der Waals surface area contributed by atoms with Crippen LogP contribution in [0.25, 0.3) is 0 Å². The molecule has 1 aromatic carbocycles. The van der Waals surface area contributed by atoms with Crippen molar-refractivity contribution in [3.05, 3.63) is 46.3 Å². The highest BCUT2D eigenvalue weighted by Gasteiger charge is 2.39.